The van der Waals surface area contributed by atoms with Crippen LogP contribution in [0.5, 0.6) is 5.75 Å². The molecule has 0 aliphatic heterocycles. The van der Waals surface area contributed by atoms with Crippen molar-refractivity contribution in [2.24, 2.45) is 16.7 Å². The number of rotatable bonds is 11. The van der Waals surface area contributed by atoms with Crippen molar-refractivity contribution >= 4 is 5.97 Å². The first-order chi connectivity index (χ1) is 15.2. The SMILES string of the molecule is CCC(C)(CC)CC(C(=O)OCOc1ccc(-c2ccc(C#N)cc2)cc1)C(C)(C)CC. The molecule has 172 valence electrons. The number of benzene rings is 2. The topological polar surface area (TPSA) is 59.3 Å². The highest BCUT2D eigenvalue weighted by atomic mass is 16.7. The van der Waals surface area contributed by atoms with Crippen LogP contribution in [0.2, 0.25) is 0 Å². The Labute approximate surface area is 193 Å². The minimum atomic E-state index is -0.181. The number of hydrogen-bond acceptors (Lipinski definition) is 4. The van der Waals surface area contributed by atoms with Crippen LogP contribution in [0.4, 0.5) is 0 Å². The van der Waals surface area contributed by atoms with Gasteiger partial charge in [-0.2, -0.15) is 5.26 Å². The summed E-state index contributed by atoms with van der Waals surface area (Å²) < 4.78 is 11.3. The van der Waals surface area contributed by atoms with Gasteiger partial charge in [0.25, 0.3) is 0 Å². The van der Waals surface area contributed by atoms with Crippen LogP contribution < -0.4 is 4.74 Å². The van der Waals surface area contributed by atoms with Gasteiger partial charge in [-0.1, -0.05) is 85.1 Å². The Bertz CT molecular complexity index is 903. The number of carbonyl (C=O) groups is 1. The highest BCUT2D eigenvalue weighted by Gasteiger charge is 2.39. The zero-order chi connectivity index (χ0) is 23.8. The molecule has 4 nitrogen and oxygen atoms in total. The van der Waals surface area contributed by atoms with Crippen molar-refractivity contribution < 1.29 is 14.3 Å². The molecule has 1 atom stereocenters. The quantitative estimate of drug-likeness (QED) is 0.273. The summed E-state index contributed by atoms with van der Waals surface area (Å²) >= 11 is 0. The van der Waals surface area contributed by atoms with E-state index >= 15 is 0 Å². The van der Waals surface area contributed by atoms with Crippen molar-refractivity contribution in [1.82, 2.24) is 0 Å². The Kier molecular flexibility index (Phi) is 8.89. The van der Waals surface area contributed by atoms with E-state index in [2.05, 4.69) is 47.6 Å². The second-order valence-corrected chi connectivity index (χ2v) is 9.56. The van der Waals surface area contributed by atoms with Crippen LogP contribution in [0.25, 0.3) is 11.1 Å². The van der Waals surface area contributed by atoms with Gasteiger partial charge in [0.15, 0.2) is 0 Å². The summed E-state index contributed by atoms with van der Waals surface area (Å²) in [6, 6.07) is 17.2. The van der Waals surface area contributed by atoms with Gasteiger partial charge in [0.2, 0.25) is 6.79 Å². The van der Waals surface area contributed by atoms with Gasteiger partial charge in [0.05, 0.1) is 17.6 Å². The molecule has 2 aromatic carbocycles. The van der Waals surface area contributed by atoms with Crippen LogP contribution >= 0.6 is 0 Å². The van der Waals surface area contributed by atoms with Crippen molar-refractivity contribution in [3.8, 4) is 22.9 Å². The lowest BCUT2D eigenvalue weighted by Crippen LogP contribution is -2.36. The summed E-state index contributed by atoms with van der Waals surface area (Å²) in [5.74, 6) is 0.299. The molecular weight excluding hydrogens is 398 g/mol. The monoisotopic (exact) mass is 435 g/mol. The van der Waals surface area contributed by atoms with Gasteiger partial charge in [-0.25, -0.2) is 0 Å². The van der Waals surface area contributed by atoms with Gasteiger partial charge >= 0.3 is 5.97 Å². The van der Waals surface area contributed by atoms with Gasteiger partial charge in [0.1, 0.15) is 5.75 Å². The van der Waals surface area contributed by atoms with E-state index in [4.69, 9.17) is 14.7 Å². The highest BCUT2D eigenvalue weighted by molar-refractivity contribution is 5.73. The third-order valence-corrected chi connectivity index (χ3v) is 7.17. The molecule has 0 saturated heterocycles. The third kappa shape index (κ3) is 6.60. The fourth-order valence-corrected chi connectivity index (χ4v) is 3.69. The molecular formula is C28H37NO3. The maximum atomic E-state index is 13.0. The van der Waals surface area contributed by atoms with Crippen molar-refractivity contribution in [2.45, 2.75) is 67.2 Å². The molecule has 0 fully saturated rings. The zero-order valence-corrected chi connectivity index (χ0v) is 20.4. The summed E-state index contributed by atoms with van der Waals surface area (Å²) in [6.07, 6.45) is 3.80. The van der Waals surface area contributed by atoms with Crippen molar-refractivity contribution in [1.29, 1.82) is 5.26 Å². The second kappa shape index (κ2) is 11.2. The minimum Gasteiger partial charge on any atom is -0.457 e. The van der Waals surface area contributed by atoms with E-state index in [1.54, 1.807) is 12.1 Å². The third-order valence-electron chi connectivity index (χ3n) is 7.17. The molecule has 0 bridgehead atoms. The fourth-order valence-electron chi connectivity index (χ4n) is 3.69. The summed E-state index contributed by atoms with van der Waals surface area (Å²) in [7, 11) is 0. The van der Waals surface area contributed by atoms with E-state index in [9.17, 15) is 4.79 Å². The average Bonchev–Trinajstić information content (AvgIpc) is 2.82. The number of nitriles is 1. The molecule has 0 amide bonds. The Morgan fingerprint density at radius 3 is 1.91 bits per heavy atom. The lowest BCUT2D eigenvalue weighted by Gasteiger charge is -2.38. The molecule has 0 radical (unpaired) electrons. The van der Waals surface area contributed by atoms with Crippen LogP contribution in [0.3, 0.4) is 0 Å². The number of nitrogens with zero attached hydrogens (tertiary/aromatic N) is 1. The van der Waals surface area contributed by atoms with E-state index in [1.807, 2.05) is 36.4 Å². The first-order valence-electron chi connectivity index (χ1n) is 11.6. The molecule has 0 spiro atoms. The lowest BCUT2D eigenvalue weighted by molar-refractivity contribution is -0.161. The Balaban J connectivity index is 1.99. The first kappa shape index (κ1) is 25.5. The molecule has 0 saturated carbocycles. The number of carbonyl (C=O) groups excluding carboxylic acids is 1. The smallest absolute Gasteiger partial charge is 0.312 e. The largest absolute Gasteiger partial charge is 0.457 e. The molecule has 0 N–H and O–H groups in total. The van der Waals surface area contributed by atoms with Gasteiger partial charge in [-0.3, -0.25) is 4.79 Å². The molecule has 4 heteroatoms. The Hall–Kier alpha value is -2.80. The van der Waals surface area contributed by atoms with Gasteiger partial charge in [-0.05, 0) is 52.6 Å². The van der Waals surface area contributed by atoms with Crippen molar-refractivity contribution in [2.75, 3.05) is 6.79 Å². The van der Waals surface area contributed by atoms with Crippen molar-refractivity contribution in [3.05, 3.63) is 54.1 Å². The highest BCUT2D eigenvalue weighted by Crippen LogP contribution is 2.42. The van der Waals surface area contributed by atoms with Gasteiger partial charge < -0.3 is 9.47 Å². The summed E-state index contributed by atoms with van der Waals surface area (Å²) in [4.78, 5) is 13.0. The lowest BCUT2D eigenvalue weighted by atomic mass is 9.67. The van der Waals surface area contributed by atoms with E-state index < -0.39 is 0 Å². The first-order valence-corrected chi connectivity index (χ1v) is 11.6. The van der Waals surface area contributed by atoms with E-state index in [0.717, 1.165) is 36.8 Å². The van der Waals surface area contributed by atoms with E-state index in [0.29, 0.717) is 11.3 Å². The van der Waals surface area contributed by atoms with Crippen LogP contribution in [-0.2, 0) is 9.53 Å². The normalized spacial score (nSPS) is 12.7. The maximum absolute atomic E-state index is 13.0. The molecule has 2 rings (SSSR count). The van der Waals surface area contributed by atoms with Crippen LogP contribution in [0.15, 0.2) is 48.5 Å². The zero-order valence-electron chi connectivity index (χ0n) is 20.4. The van der Waals surface area contributed by atoms with E-state index in [-0.39, 0.29) is 29.5 Å². The molecule has 1 unspecified atom stereocenters. The molecule has 0 aliphatic carbocycles. The van der Waals surface area contributed by atoms with E-state index in [1.165, 1.54) is 0 Å². The second-order valence-electron chi connectivity index (χ2n) is 9.56. The fraction of sp³-hybridized carbons (Fsp3) is 0.500. The minimum absolute atomic E-state index is 0.0969. The number of hydrogen-bond donors (Lipinski definition) is 0. The molecule has 2 aromatic rings. The number of esters is 1. The molecule has 32 heavy (non-hydrogen) atoms. The Morgan fingerprint density at radius 1 is 0.906 bits per heavy atom. The Morgan fingerprint density at radius 2 is 1.44 bits per heavy atom. The van der Waals surface area contributed by atoms with Gasteiger partial charge in [0, 0.05) is 0 Å². The average molecular weight is 436 g/mol. The molecule has 0 aliphatic rings. The summed E-state index contributed by atoms with van der Waals surface area (Å²) in [6.45, 7) is 13.0. The van der Waals surface area contributed by atoms with Gasteiger partial charge in [-0.15, -0.1) is 0 Å². The maximum Gasteiger partial charge on any atom is 0.312 e. The van der Waals surface area contributed by atoms with Crippen molar-refractivity contribution in [3.63, 3.8) is 0 Å². The number of ether oxygens (including phenoxy) is 2. The van der Waals surface area contributed by atoms with Crippen LogP contribution in [-0.4, -0.2) is 12.8 Å². The molecule has 0 heterocycles. The standard InChI is InChI=1S/C28H37NO3/c1-7-27(4,5)25(18-28(6,8-2)9-3)26(30)32-20-31-24-16-14-23(15-17-24)22-12-10-21(19-29)11-13-22/h10-17,25H,7-9,18,20H2,1-6H3. The summed E-state index contributed by atoms with van der Waals surface area (Å²) in [5, 5.41) is 8.93. The molecule has 0 aromatic heterocycles. The predicted molar refractivity (Wildman–Crippen MR) is 129 cm³/mol. The van der Waals surface area contributed by atoms with Crippen LogP contribution in [0, 0.1) is 28.1 Å². The van der Waals surface area contributed by atoms with Crippen LogP contribution in [0.1, 0.15) is 72.8 Å². The summed E-state index contributed by atoms with van der Waals surface area (Å²) in [5.41, 5.74) is 2.69. The predicted octanol–water partition coefficient (Wildman–Crippen LogP) is 7.37.